The highest BCUT2D eigenvalue weighted by atomic mass is 127. The van der Waals surface area contributed by atoms with E-state index in [2.05, 4.69) is 20.3 Å². The van der Waals surface area contributed by atoms with Crippen LogP contribution in [0.25, 0.3) is 0 Å². The van der Waals surface area contributed by atoms with Crippen LogP contribution in [0.15, 0.2) is 17.4 Å². The topological polar surface area (TPSA) is 78.2 Å². The number of ether oxygens (including phenoxy) is 1. The van der Waals surface area contributed by atoms with E-state index in [9.17, 15) is 4.79 Å². The van der Waals surface area contributed by atoms with Crippen molar-refractivity contribution in [1.82, 2.24) is 24.9 Å². The lowest BCUT2D eigenvalue weighted by Crippen LogP contribution is -2.56. The number of nitrogens with zero attached hydrogens (tertiary/aromatic N) is 6. The first kappa shape index (κ1) is 22.9. The van der Waals surface area contributed by atoms with E-state index in [0.29, 0.717) is 19.1 Å². The maximum absolute atomic E-state index is 12.6. The van der Waals surface area contributed by atoms with Gasteiger partial charge in [-0.15, -0.1) is 24.0 Å². The Bertz CT molecular complexity index is 666. The van der Waals surface area contributed by atoms with Crippen LogP contribution in [0.2, 0.25) is 0 Å². The van der Waals surface area contributed by atoms with Gasteiger partial charge in [-0.2, -0.15) is 5.10 Å². The smallest absolute Gasteiger partial charge is 0.246 e. The van der Waals surface area contributed by atoms with Gasteiger partial charge in [0.05, 0.1) is 18.5 Å². The van der Waals surface area contributed by atoms with Gasteiger partial charge in [0.2, 0.25) is 5.91 Å². The van der Waals surface area contributed by atoms with Crippen molar-refractivity contribution >= 4 is 41.5 Å². The molecule has 28 heavy (non-hydrogen) atoms. The summed E-state index contributed by atoms with van der Waals surface area (Å²) in [6, 6.07) is 0.490. The number of aliphatic imine (C=N–C) groups is 1. The van der Waals surface area contributed by atoms with Gasteiger partial charge in [-0.25, -0.2) is 0 Å². The van der Waals surface area contributed by atoms with Gasteiger partial charge in [0.1, 0.15) is 6.54 Å². The summed E-state index contributed by atoms with van der Waals surface area (Å²) in [6.45, 7) is 5.39. The number of amides is 1. The number of nitrogens with one attached hydrogen (secondary N) is 1. The summed E-state index contributed by atoms with van der Waals surface area (Å²) in [5.74, 6) is 0.868. The zero-order chi connectivity index (χ0) is 19.2. The largest absolute Gasteiger partial charge is 0.383 e. The molecule has 0 aromatic carbocycles. The number of aromatic nitrogens is 2. The lowest BCUT2D eigenvalue weighted by Gasteiger charge is -2.36. The van der Waals surface area contributed by atoms with Crippen LogP contribution in [0.4, 0.5) is 5.69 Å². The Morgan fingerprint density at radius 2 is 2.21 bits per heavy atom. The summed E-state index contributed by atoms with van der Waals surface area (Å²) in [5, 5.41) is 7.63. The van der Waals surface area contributed by atoms with E-state index in [1.807, 2.05) is 18.1 Å². The summed E-state index contributed by atoms with van der Waals surface area (Å²) in [6.07, 6.45) is 6.00. The number of rotatable bonds is 6. The molecular formula is C18H32IN7O2. The van der Waals surface area contributed by atoms with Crippen molar-refractivity contribution in [3.63, 3.8) is 0 Å². The van der Waals surface area contributed by atoms with Crippen molar-refractivity contribution in [2.75, 3.05) is 64.9 Å². The van der Waals surface area contributed by atoms with Crippen LogP contribution in [0.5, 0.6) is 0 Å². The Balaban J connectivity index is 0.00000280. The van der Waals surface area contributed by atoms with Gasteiger partial charge in [-0.1, -0.05) is 0 Å². The molecule has 0 bridgehead atoms. The fraction of sp³-hybridized carbons (Fsp3) is 0.722. The van der Waals surface area contributed by atoms with Crippen LogP contribution in [0, 0.1) is 0 Å². The number of likely N-dealkylation sites (tertiary alicyclic amines) is 1. The summed E-state index contributed by atoms with van der Waals surface area (Å²) in [7, 11) is 5.37. The number of guanidine groups is 1. The van der Waals surface area contributed by atoms with Gasteiger partial charge in [0.15, 0.2) is 5.96 Å². The maximum Gasteiger partial charge on any atom is 0.246 e. The second-order valence-corrected chi connectivity index (χ2v) is 7.09. The quantitative estimate of drug-likeness (QED) is 0.342. The summed E-state index contributed by atoms with van der Waals surface area (Å²) < 4.78 is 6.93. The number of aryl methyl sites for hydroxylation is 1. The Hall–Kier alpha value is -1.40. The Labute approximate surface area is 184 Å². The fourth-order valence-electron chi connectivity index (χ4n) is 3.85. The minimum atomic E-state index is 0. The zero-order valence-electron chi connectivity index (χ0n) is 17.0. The Kier molecular flexibility index (Phi) is 8.96. The predicted molar refractivity (Wildman–Crippen MR) is 120 cm³/mol. The molecule has 2 aliphatic heterocycles. The van der Waals surface area contributed by atoms with Crippen LogP contribution >= 0.6 is 24.0 Å². The van der Waals surface area contributed by atoms with E-state index in [1.54, 1.807) is 29.9 Å². The molecule has 1 unspecified atom stereocenters. The average Bonchev–Trinajstić information content (AvgIpc) is 3.29. The molecule has 0 saturated carbocycles. The van der Waals surface area contributed by atoms with Crippen LogP contribution in [-0.2, 0) is 16.6 Å². The molecule has 0 spiro atoms. The van der Waals surface area contributed by atoms with Crippen molar-refractivity contribution in [1.29, 1.82) is 0 Å². The summed E-state index contributed by atoms with van der Waals surface area (Å²) in [4.78, 5) is 23.3. The molecule has 2 fully saturated rings. The third-order valence-corrected chi connectivity index (χ3v) is 5.31. The van der Waals surface area contributed by atoms with E-state index in [1.165, 1.54) is 12.8 Å². The molecular weight excluding hydrogens is 473 g/mol. The molecule has 1 aromatic rings. The lowest BCUT2D eigenvalue weighted by atomic mass is 10.2. The van der Waals surface area contributed by atoms with Crippen molar-refractivity contribution in [2.45, 2.75) is 18.9 Å². The predicted octanol–water partition coefficient (Wildman–Crippen LogP) is 0.373. The number of carbonyl (C=O) groups excluding carboxylic acids is 1. The molecule has 1 N–H and O–H groups in total. The molecule has 0 aliphatic carbocycles. The SMILES string of the molecule is CN=C(NCC1CCCN1CCOC)N1CCN(c2cnn(C)c2)C(=O)C1.I. The van der Waals surface area contributed by atoms with Crippen molar-refractivity contribution < 1.29 is 9.53 Å². The lowest BCUT2D eigenvalue weighted by molar-refractivity contribution is -0.120. The van der Waals surface area contributed by atoms with E-state index in [0.717, 1.165) is 44.4 Å². The van der Waals surface area contributed by atoms with Crippen LogP contribution in [0.1, 0.15) is 12.8 Å². The van der Waals surface area contributed by atoms with Crippen molar-refractivity contribution in [3.05, 3.63) is 12.4 Å². The number of methoxy groups -OCH3 is 1. The monoisotopic (exact) mass is 505 g/mol. The number of halogens is 1. The first-order valence-corrected chi connectivity index (χ1v) is 9.60. The highest BCUT2D eigenvalue weighted by Crippen LogP contribution is 2.17. The maximum atomic E-state index is 12.6. The third-order valence-electron chi connectivity index (χ3n) is 5.31. The molecule has 3 rings (SSSR count). The normalized spacial score (nSPS) is 21.2. The Morgan fingerprint density at radius 1 is 1.39 bits per heavy atom. The zero-order valence-corrected chi connectivity index (χ0v) is 19.3. The highest BCUT2D eigenvalue weighted by Gasteiger charge is 2.29. The van der Waals surface area contributed by atoms with Crippen LogP contribution in [-0.4, -0.2) is 97.5 Å². The molecule has 1 aromatic heterocycles. The fourth-order valence-corrected chi connectivity index (χ4v) is 3.85. The number of piperazine rings is 1. The summed E-state index contributed by atoms with van der Waals surface area (Å²) >= 11 is 0. The average molecular weight is 505 g/mol. The van der Waals surface area contributed by atoms with Crippen molar-refractivity contribution in [3.8, 4) is 0 Å². The van der Waals surface area contributed by atoms with Gasteiger partial charge in [-0.05, 0) is 19.4 Å². The van der Waals surface area contributed by atoms with E-state index in [4.69, 9.17) is 4.74 Å². The molecule has 1 amide bonds. The van der Waals surface area contributed by atoms with Gasteiger partial charge in [-0.3, -0.25) is 19.4 Å². The molecule has 3 heterocycles. The third kappa shape index (κ3) is 5.57. The number of hydrogen-bond acceptors (Lipinski definition) is 5. The van der Waals surface area contributed by atoms with Gasteiger partial charge >= 0.3 is 0 Å². The van der Waals surface area contributed by atoms with Crippen LogP contribution in [0.3, 0.4) is 0 Å². The number of carbonyl (C=O) groups is 1. The second-order valence-electron chi connectivity index (χ2n) is 7.09. The minimum absolute atomic E-state index is 0. The van der Waals surface area contributed by atoms with Gasteiger partial charge < -0.3 is 19.9 Å². The van der Waals surface area contributed by atoms with E-state index >= 15 is 0 Å². The van der Waals surface area contributed by atoms with Gasteiger partial charge in [0.25, 0.3) is 0 Å². The second kappa shape index (κ2) is 11.0. The standard InChI is InChI=1S/C18H31N7O2.HI/c1-19-18(20-11-15-5-4-6-23(15)9-10-27-3)24-7-8-25(17(26)14-24)16-12-21-22(2)13-16;/h12-13,15H,4-11,14H2,1-3H3,(H,19,20);1H. The molecule has 0 radical (unpaired) electrons. The highest BCUT2D eigenvalue weighted by molar-refractivity contribution is 14.0. The van der Waals surface area contributed by atoms with E-state index in [-0.39, 0.29) is 29.9 Å². The summed E-state index contributed by atoms with van der Waals surface area (Å²) in [5.41, 5.74) is 0.852. The molecule has 158 valence electrons. The van der Waals surface area contributed by atoms with Crippen LogP contribution < -0.4 is 10.2 Å². The molecule has 2 aliphatic rings. The molecule has 2 saturated heterocycles. The number of anilines is 1. The Morgan fingerprint density at radius 3 is 2.86 bits per heavy atom. The first-order valence-electron chi connectivity index (χ1n) is 9.60. The molecule has 1 atom stereocenters. The minimum Gasteiger partial charge on any atom is -0.383 e. The molecule has 9 nitrogen and oxygen atoms in total. The number of hydrogen-bond donors (Lipinski definition) is 1. The van der Waals surface area contributed by atoms with Gasteiger partial charge in [0, 0.05) is 59.6 Å². The van der Waals surface area contributed by atoms with E-state index < -0.39 is 0 Å². The van der Waals surface area contributed by atoms with Crippen molar-refractivity contribution in [2.24, 2.45) is 12.0 Å². The molecule has 10 heteroatoms. The first-order chi connectivity index (χ1) is 13.1.